The predicted octanol–water partition coefficient (Wildman–Crippen LogP) is 21.6. The smallest absolute Gasteiger partial charge is 0.305 e. The second-order valence-electron chi connectivity index (χ2n) is 23.5. The van der Waals surface area contributed by atoms with Crippen LogP contribution in [0.25, 0.3) is 0 Å². The Bertz CT molecular complexity index is 1110. The van der Waals surface area contributed by atoms with Gasteiger partial charge >= 0.3 is 5.97 Å². The van der Waals surface area contributed by atoms with E-state index in [1.54, 1.807) is 6.08 Å². The van der Waals surface area contributed by atoms with Gasteiger partial charge in [-0.3, -0.25) is 9.59 Å². The van der Waals surface area contributed by atoms with E-state index in [4.69, 9.17) is 4.74 Å². The zero-order chi connectivity index (χ0) is 53.6. The number of aliphatic hydroxyl groups is 2. The third-order valence-electron chi connectivity index (χ3n) is 16.1. The van der Waals surface area contributed by atoms with E-state index in [1.165, 1.54) is 321 Å². The van der Waals surface area contributed by atoms with Gasteiger partial charge < -0.3 is 20.3 Å². The molecule has 0 heterocycles. The van der Waals surface area contributed by atoms with Crippen LogP contribution in [-0.4, -0.2) is 47.4 Å². The van der Waals surface area contributed by atoms with Gasteiger partial charge in [0.25, 0.3) is 0 Å². The van der Waals surface area contributed by atoms with Crippen LogP contribution >= 0.6 is 0 Å². The van der Waals surface area contributed by atoms with E-state index in [9.17, 15) is 19.8 Å². The van der Waals surface area contributed by atoms with E-state index >= 15 is 0 Å². The molecule has 6 nitrogen and oxygen atoms in total. The van der Waals surface area contributed by atoms with Crippen molar-refractivity contribution in [1.82, 2.24) is 5.32 Å². The molecule has 0 spiro atoms. The number of unbranched alkanes of at least 4 members (excludes halogenated alkanes) is 53. The molecule has 0 rings (SSSR count). The SMILES string of the molecule is CCCCCCCCCCCCCCCCCCCCCCC/C=C/C(O)C(CO)NC(=O)CCCCCCCCCCCCCCCCCCCCCOC(=O)CCCCCCCCCCCCCCCCC. The Hall–Kier alpha value is -1.40. The molecule has 0 aliphatic heterocycles. The highest BCUT2D eigenvalue weighted by Gasteiger charge is 2.18. The minimum absolute atomic E-state index is 0.0124. The van der Waals surface area contributed by atoms with Crippen LogP contribution in [0.2, 0.25) is 0 Å². The van der Waals surface area contributed by atoms with Gasteiger partial charge in [-0.05, 0) is 32.1 Å². The maximum atomic E-state index is 12.5. The molecule has 0 aromatic heterocycles. The number of hydrogen-bond acceptors (Lipinski definition) is 5. The summed E-state index contributed by atoms with van der Waals surface area (Å²) in [7, 11) is 0. The summed E-state index contributed by atoms with van der Waals surface area (Å²) in [5.41, 5.74) is 0. The quantitative estimate of drug-likeness (QED) is 0.0320. The van der Waals surface area contributed by atoms with Crippen molar-refractivity contribution in [2.45, 2.75) is 398 Å². The van der Waals surface area contributed by atoms with Crippen LogP contribution in [-0.2, 0) is 14.3 Å². The fourth-order valence-corrected chi connectivity index (χ4v) is 10.9. The predicted molar refractivity (Wildman–Crippen MR) is 324 cm³/mol. The number of amides is 1. The molecule has 0 saturated heterocycles. The number of ether oxygens (including phenoxy) is 1. The number of carbonyl (C=O) groups is 2. The van der Waals surface area contributed by atoms with Crippen LogP contribution in [0.3, 0.4) is 0 Å². The van der Waals surface area contributed by atoms with Crippen LogP contribution in [0.15, 0.2) is 12.2 Å². The zero-order valence-corrected chi connectivity index (χ0v) is 50.4. The number of rotatable bonds is 64. The van der Waals surface area contributed by atoms with Gasteiger partial charge in [-0.25, -0.2) is 0 Å². The Morgan fingerprint density at radius 2 is 0.622 bits per heavy atom. The monoisotopic (exact) mass is 1040 g/mol. The summed E-state index contributed by atoms with van der Waals surface area (Å²) in [5, 5.41) is 23.3. The van der Waals surface area contributed by atoms with E-state index in [0.29, 0.717) is 19.4 Å². The molecule has 0 bridgehead atoms. The van der Waals surface area contributed by atoms with Gasteiger partial charge in [-0.1, -0.05) is 353 Å². The number of esters is 1. The first-order chi connectivity index (χ1) is 36.5. The molecule has 3 N–H and O–H groups in total. The van der Waals surface area contributed by atoms with Crippen LogP contribution in [0.1, 0.15) is 386 Å². The highest BCUT2D eigenvalue weighted by molar-refractivity contribution is 5.76. The van der Waals surface area contributed by atoms with Crippen molar-refractivity contribution in [2.75, 3.05) is 13.2 Å². The molecule has 0 aromatic carbocycles. The molecular weight excluding hydrogens is 911 g/mol. The lowest BCUT2D eigenvalue weighted by Crippen LogP contribution is -2.45. The number of nitrogens with one attached hydrogen (secondary N) is 1. The summed E-state index contributed by atoms with van der Waals surface area (Å²) in [5.74, 6) is -0.0537. The average Bonchev–Trinajstić information content (AvgIpc) is 3.40. The highest BCUT2D eigenvalue weighted by Crippen LogP contribution is 2.19. The second kappa shape index (κ2) is 64.1. The molecule has 0 fully saturated rings. The van der Waals surface area contributed by atoms with Gasteiger partial charge in [0.05, 0.1) is 25.4 Å². The second-order valence-corrected chi connectivity index (χ2v) is 23.5. The van der Waals surface area contributed by atoms with Crippen LogP contribution < -0.4 is 5.32 Å². The van der Waals surface area contributed by atoms with Crippen molar-refractivity contribution in [3.63, 3.8) is 0 Å². The van der Waals surface area contributed by atoms with Crippen molar-refractivity contribution in [2.24, 2.45) is 0 Å². The maximum absolute atomic E-state index is 12.5. The molecule has 440 valence electrons. The molecule has 0 aromatic rings. The minimum atomic E-state index is -0.847. The summed E-state index contributed by atoms with van der Waals surface area (Å²) < 4.78 is 5.49. The fourth-order valence-electron chi connectivity index (χ4n) is 10.9. The molecule has 0 aliphatic rings. The van der Waals surface area contributed by atoms with Crippen molar-refractivity contribution >= 4 is 11.9 Å². The number of allylic oxidation sites excluding steroid dienone is 1. The minimum Gasteiger partial charge on any atom is -0.466 e. The first kappa shape index (κ1) is 72.6. The van der Waals surface area contributed by atoms with Crippen molar-refractivity contribution in [3.8, 4) is 0 Å². The van der Waals surface area contributed by atoms with Gasteiger partial charge in [0, 0.05) is 12.8 Å². The van der Waals surface area contributed by atoms with E-state index in [2.05, 4.69) is 19.2 Å². The number of hydrogen-bond donors (Lipinski definition) is 3. The molecule has 0 radical (unpaired) electrons. The normalized spacial score (nSPS) is 12.5. The van der Waals surface area contributed by atoms with E-state index in [0.717, 1.165) is 38.5 Å². The Kier molecular flexibility index (Phi) is 62.9. The van der Waals surface area contributed by atoms with Gasteiger partial charge in [0.2, 0.25) is 5.91 Å². The molecule has 6 heteroatoms. The summed E-state index contributed by atoms with van der Waals surface area (Å²) >= 11 is 0. The van der Waals surface area contributed by atoms with E-state index in [1.807, 2.05) is 6.08 Å². The summed E-state index contributed by atoms with van der Waals surface area (Å²) in [4.78, 5) is 24.6. The topological polar surface area (TPSA) is 95.9 Å². The summed E-state index contributed by atoms with van der Waals surface area (Å²) in [6, 6.07) is -0.630. The zero-order valence-electron chi connectivity index (χ0n) is 50.4. The van der Waals surface area contributed by atoms with Crippen LogP contribution in [0.5, 0.6) is 0 Å². The van der Waals surface area contributed by atoms with Gasteiger partial charge in [0.15, 0.2) is 0 Å². The van der Waals surface area contributed by atoms with E-state index < -0.39 is 12.1 Å². The number of aliphatic hydroxyl groups excluding tert-OH is 2. The third-order valence-corrected chi connectivity index (χ3v) is 16.1. The first-order valence-corrected chi connectivity index (χ1v) is 34.0. The molecule has 0 aliphatic carbocycles. The average molecular weight is 1040 g/mol. The lowest BCUT2D eigenvalue weighted by atomic mass is 10.0. The van der Waals surface area contributed by atoms with Crippen LogP contribution in [0.4, 0.5) is 0 Å². The van der Waals surface area contributed by atoms with Crippen molar-refractivity contribution in [3.05, 3.63) is 12.2 Å². The lowest BCUT2D eigenvalue weighted by molar-refractivity contribution is -0.143. The standard InChI is InChI=1S/C68H133NO5/c1-3-5-7-9-11-13-15-17-19-20-21-22-23-24-26-29-33-36-40-44-48-52-56-60-66(71)65(64-70)69-67(72)61-57-53-49-45-41-37-34-30-27-25-28-31-35-39-43-47-51-55-59-63-74-68(73)62-58-54-50-46-42-38-32-18-16-14-12-10-8-6-4-2/h56,60,65-66,70-71H,3-55,57-59,61-64H2,1-2H3,(H,69,72)/b60-56+. The van der Waals surface area contributed by atoms with Gasteiger partial charge in [-0.15, -0.1) is 0 Å². The largest absolute Gasteiger partial charge is 0.466 e. The molecule has 0 saturated carbocycles. The molecule has 2 unspecified atom stereocenters. The van der Waals surface area contributed by atoms with Crippen molar-refractivity contribution in [1.29, 1.82) is 0 Å². The summed E-state index contributed by atoms with van der Waals surface area (Å²) in [6.45, 7) is 4.94. The Labute approximate surface area is 463 Å². The Balaban J connectivity index is 3.41. The lowest BCUT2D eigenvalue weighted by Gasteiger charge is -2.20. The molecule has 1 amide bonds. The Morgan fingerprint density at radius 3 is 0.919 bits per heavy atom. The molecule has 2 atom stereocenters. The van der Waals surface area contributed by atoms with Crippen molar-refractivity contribution < 1.29 is 24.5 Å². The van der Waals surface area contributed by atoms with Gasteiger partial charge in [-0.2, -0.15) is 0 Å². The highest BCUT2D eigenvalue weighted by atomic mass is 16.5. The maximum Gasteiger partial charge on any atom is 0.305 e. The van der Waals surface area contributed by atoms with Gasteiger partial charge in [0.1, 0.15) is 0 Å². The fraction of sp³-hybridized carbons (Fsp3) is 0.941. The molecular formula is C68H133NO5. The summed E-state index contributed by atoms with van der Waals surface area (Å²) in [6.07, 6.45) is 78.4. The molecule has 74 heavy (non-hydrogen) atoms. The Morgan fingerprint density at radius 1 is 0.365 bits per heavy atom. The number of carbonyl (C=O) groups excluding carboxylic acids is 2. The third kappa shape index (κ3) is 59.8. The van der Waals surface area contributed by atoms with Crippen LogP contribution in [0, 0.1) is 0 Å². The first-order valence-electron chi connectivity index (χ1n) is 34.0. The van der Waals surface area contributed by atoms with E-state index in [-0.39, 0.29) is 18.5 Å².